The molecule has 0 saturated heterocycles. The quantitative estimate of drug-likeness (QED) is 0.773. The Bertz CT molecular complexity index is 428. The first-order valence-corrected chi connectivity index (χ1v) is 6.52. The molecule has 4 nitrogen and oxygen atoms in total. The molecule has 0 unspecified atom stereocenters. The van der Waals surface area contributed by atoms with Crippen molar-refractivity contribution in [3.63, 3.8) is 0 Å². The van der Waals surface area contributed by atoms with Crippen molar-refractivity contribution in [1.82, 2.24) is 9.78 Å². The van der Waals surface area contributed by atoms with Gasteiger partial charge in [-0.05, 0) is 33.6 Å². The number of nitrogens with zero attached hydrogens (tertiary/aromatic N) is 2. The molecule has 1 aromatic rings. The Labute approximate surface area is 109 Å². The lowest BCUT2D eigenvalue weighted by molar-refractivity contribution is -0.139. The van der Waals surface area contributed by atoms with Crippen LogP contribution in [-0.2, 0) is 34.3 Å². The molecular formula is C14H24N2O2. The van der Waals surface area contributed by atoms with Crippen LogP contribution in [0.1, 0.15) is 51.6 Å². The largest absolute Gasteiger partial charge is 0.469 e. The molecule has 0 fully saturated rings. The molecule has 0 amide bonds. The molecule has 0 aliphatic heterocycles. The number of aromatic nitrogens is 2. The molecule has 0 aliphatic rings. The van der Waals surface area contributed by atoms with Crippen LogP contribution in [0.25, 0.3) is 0 Å². The van der Waals surface area contributed by atoms with E-state index in [0.717, 1.165) is 29.8 Å². The van der Waals surface area contributed by atoms with Gasteiger partial charge < -0.3 is 4.74 Å². The average Bonchev–Trinajstić information content (AvgIpc) is 2.66. The highest BCUT2D eigenvalue weighted by molar-refractivity contribution is 5.73. The minimum Gasteiger partial charge on any atom is -0.469 e. The Balaban J connectivity index is 3.30. The summed E-state index contributed by atoms with van der Waals surface area (Å²) in [6, 6.07) is 0. The third kappa shape index (κ3) is 2.92. The molecule has 1 rings (SSSR count). The second-order valence-corrected chi connectivity index (χ2v) is 5.41. The van der Waals surface area contributed by atoms with Crippen LogP contribution in [0, 0.1) is 0 Å². The maximum atomic E-state index is 11.5. The number of aryl methyl sites for hydroxylation is 1. The Hall–Kier alpha value is -1.32. The molecule has 4 heteroatoms. The third-order valence-electron chi connectivity index (χ3n) is 3.03. The zero-order valence-corrected chi connectivity index (χ0v) is 12.3. The molecule has 0 aromatic carbocycles. The van der Waals surface area contributed by atoms with E-state index in [1.54, 1.807) is 0 Å². The van der Waals surface area contributed by atoms with Gasteiger partial charge in [0.05, 0.1) is 24.8 Å². The summed E-state index contributed by atoms with van der Waals surface area (Å²) in [6.45, 7) is 10.5. The lowest BCUT2D eigenvalue weighted by Gasteiger charge is -2.22. The van der Waals surface area contributed by atoms with Crippen molar-refractivity contribution in [3.8, 4) is 0 Å². The smallest absolute Gasteiger partial charge is 0.310 e. The molecule has 1 aromatic heterocycles. The molecule has 0 radical (unpaired) electrons. The first-order chi connectivity index (χ1) is 8.35. The monoisotopic (exact) mass is 252 g/mol. The number of hydrogen-bond acceptors (Lipinski definition) is 3. The van der Waals surface area contributed by atoms with Crippen LogP contribution in [0.15, 0.2) is 0 Å². The van der Waals surface area contributed by atoms with Crippen LogP contribution in [0.3, 0.4) is 0 Å². The Morgan fingerprint density at radius 1 is 1.28 bits per heavy atom. The van der Waals surface area contributed by atoms with Gasteiger partial charge in [-0.2, -0.15) is 5.10 Å². The normalized spacial score (nSPS) is 11.7. The molecule has 18 heavy (non-hydrogen) atoms. The predicted molar refractivity (Wildman–Crippen MR) is 71.7 cm³/mol. The fraction of sp³-hybridized carbons (Fsp3) is 0.714. The highest BCUT2D eigenvalue weighted by Gasteiger charge is 2.24. The maximum absolute atomic E-state index is 11.5. The number of hydrogen-bond donors (Lipinski definition) is 0. The highest BCUT2D eigenvalue weighted by Crippen LogP contribution is 2.24. The van der Waals surface area contributed by atoms with E-state index >= 15 is 0 Å². The summed E-state index contributed by atoms with van der Waals surface area (Å²) in [7, 11) is 1.42. The van der Waals surface area contributed by atoms with Gasteiger partial charge in [-0.1, -0.05) is 13.8 Å². The number of esters is 1. The number of rotatable bonds is 4. The fourth-order valence-electron chi connectivity index (χ4n) is 2.16. The van der Waals surface area contributed by atoms with Crippen LogP contribution < -0.4 is 0 Å². The van der Waals surface area contributed by atoms with Crippen molar-refractivity contribution in [2.45, 2.75) is 59.4 Å². The first-order valence-electron chi connectivity index (χ1n) is 6.52. The molecule has 0 atom stereocenters. The van der Waals surface area contributed by atoms with E-state index in [9.17, 15) is 4.79 Å². The lowest BCUT2D eigenvalue weighted by Crippen LogP contribution is -2.25. The van der Waals surface area contributed by atoms with Crippen LogP contribution in [0.2, 0.25) is 0 Å². The minimum absolute atomic E-state index is 0.0658. The van der Waals surface area contributed by atoms with E-state index in [2.05, 4.69) is 39.7 Å². The minimum atomic E-state index is -0.201. The average molecular weight is 252 g/mol. The van der Waals surface area contributed by atoms with E-state index in [1.165, 1.54) is 7.11 Å². The van der Waals surface area contributed by atoms with Crippen LogP contribution >= 0.6 is 0 Å². The standard InChI is InChI=1S/C14H24N2O2/c1-7-11-10(9-13(17)18-6)12(8-2)16(15-11)14(3,4)5/h7-9H2,1-6H3. The summed E-state index contributed by atoms with van der Waals surface area (Å²) in [5.74, 6) is -0.201. The van der Waals surface area contributed by atoms with E-state index in [0.29, 0.717) is 6.42 Å². The highest BCUT2D eigenvalue weighted by atomic mass is 16.5. The zero-order valence-electron chi connectivity index (χ0n) is 12.3. The molecule has 0 bridgehead atoms. The second kappa shape index (κ2) is 5.55. The van der Waals surface area contributed by atoms with Crippen molar-refractivity contribution in [3.05, 3.63) is 17.0 Å². The number of methoxy groups -OCH3 is 1. The topological polar surface area (TPSA) is 44.1 Å². The van der Waals surface area contributed by atoms with Gasteiger partial charge >= 0.3 is 5.97 Å². The van der Waals surface area contributed by atoms with Crippen molar-refractivity contribution < 1.29 is 9.53 Å². The Morgan fingerprint density at radius 2 is 1.89 bits per heavy atom. The van der Waals surface area contributed by atoms with Gasteiger partial charge in [0.1, 0.15) is 0 Å². The molecule has 0 N–H and O–H groups in total. The lowest BCUT2D eigenvalue weighted by atomic mass is 10.0. The van der Waals surface area contributed by atoms with Gasteiger partial charge in [0.15, 0.2) is 0 Å². The van der Waals surface area contributed by atoms with Gasteiger partial charge in [-0.25, -0.2) is 0 Å². The van der Waals surface area contributed by atoms with Crippen LogP contribution in [0.5, 0.6) is 0 Å². The van der Waals surface area contributed by atoms with E-state index < -0.39 is 0 Å². The zero-order chi connectivity index (χ0) is 13.9. The Morgan fingerprint density at radius 3 is 2.28 bits per heavy atom. The fourth-order valence-corrected chi connectivity index (χ4v) is 2.16. The van der Waals surface area contributed by atoms with Gasteiger partial charge in [0, 0.05) is 11.3 Å². The molecule has 0 spiro atoms. The second-order valence-electron chi connectivity index (χ2n) is 5.41. The van der Waals surface area contributed by atoms with E-state index in [4.69, 9.17) is 4.74 Å². The predicted octanol–water partition coefficient (Wildman–Crippen LogP) is 2.48. The van der Waals surface area contributed by atoms with E-state index in [-0.39, 0.29) is 11.5 Å². The van der Waals surface area contributed by atoms with Gasteiger partial charge in [-0.15, -0.1) is 0 Å². The van der Waals surface area contributed by atoms with Crippen molar-refractivity contribution >= 4 is 5.97 Å². The SMILES string of the molecule is CCc1nn(C(C)(C)C)c(CC)c1CC(=O)OC. The van der Waals surface area contributed by atoms with Crippen LogP contribution in [0.4, 0.5) is 0 Å². The summed E-state index contributed by atoms with van der Waals surface area (Å²) in [5, 5.41) is 4.67. The van der Waals surface area contributed by atoms with Gasteiger partial charge in [0.25, 0.3) is 0 Å². The molecule has 1 heterocycles. The van der Waals surface area contributed by atoms with Crippen molar-refractivity contribution in [2.75, 3.05) is 7.11 Å². The van der Waals surface area contributed by atoms with Crippen molar-refractivity contribution in [1.29, 1.82) is 0 Å². The number of ether oxygens (including phenoxy) is 1. The number of carbonyl (C=O) groups excluding carboxylic acids is 1. The maximum Gasteiger partial charge on any atom is 0.310 e. The summed E-state index contributed by atoms with van der Waals surface area (Å²) in [5.41, 5.74) is 3.13. The summed E-state index contributed by atoms with van der Waals surface area (Å²) in [6.07, 6.45) is 2.03. The van der Waals surface area contributed by atoms with Gasteiger partial charge in [-0.3, -0.25) is 9.48 Å². The van der Waals surface area contributed by atoms with Crippen molar-refractivity contribution in [2.24, 2.45) is 0 Å². The molecule has 0 saturated carbocycles. The van der Waals surface area contributed by atoms with Crippen LogP contribution in [-0.4, -0.2) is 22.9 Å². The molecule has 0 aliphatic carbocycles. The van der Waals surface area contributed by atoms with Gasteiger partial charge in [0.2, 0.25) is 0 Å². The van der Waals surface area contributed by atoms with E-state index in [1.807, 2.05) is 4.68 Å². The summed E-state index contributed by atoms with van der Waals surface area (Å²) in [4.78, 5) is 11.5. The summed E-state index contributed by atoms with van der Waals surface area (Å²) < 4.78 is 6.82. The first kappa shape index (κ1) is 14.7. The molecular weight excluding hydrogens is 228 g/mol. The third-order valence-corrected chi connectivity index (χ3v) is 3.03. The number of carbonyl (C=O) groups is 1. The summed E-state index contributed by atoms with van der Waals surface area (Å²) >= 11 is 0. The molecule has 102 valence electrons. The Kier molecular flexibility index (Phi) is 4.54.